The first-order valence-electron chi connectivity index (χ1n) is 13.3. The topological polar surface area (TPSA) is 51.4 Å². The predicted molar refractivity (Wildman–Crippen MR) is 154 cm³/mol. The van der Waals surface area contributed by atoms with Crippen LogP contribution in [0.2, 0.25) is 0 Å². The Bertz CT molecular complexity index is 1360. The Morgan fingerprint density at radius 1 is 1.19 bits per heavy atom. The van der Waals surface area contributed by atoms with Crippen LogP contribution >= 0.6 is 11.5 Å². The minimum Gasteiger partial charge on any atom is -0.494 e. The minimum atomic E-state index is -0.253. The van der Waals surface area contributed by atoms with E-state index in [0.717, 1.165) is 56.8 Å². The monoisotopic (exact) mass is 517 g/mol. The van der Waals surface area contributed by atoms with Gasteiger partial charge in [-0.25, -0.2) is 0 Å². The second-order valence-corrected chi connectivity index (χ2v) is 11.0. The number of ether oxygens (including phenoxy) is 1. The van der Waals surface area contributed by atoms with Gasteiger partial charge in [0.1, 0.15) is 6.10 Å². The number of likely N-dealkylation sites (tertiary alicyclic amines) is 1. The number of aryl methyl sites for hydroxylation is 1. The van der Waals surface area contributed by atoms with E-state index in [-0.39, 0.29) is 12.8 Å². The molecule has 3 aromatic rings. The van der Waals surface area contributed by atoms with E-state index in [2.05, 4.69) is 58.7 Å². The first-order valence-corrected chi connectivity index (χ1v) is 14.1. The highest BCUT2D eigenvalue weighted by Gasteiger charge is 2.23. The van der Waals surface area contributed by atoms with Crippen molar-refractivity contribution in [3.05, 3.63) is 82.8 Å². The summed E-state index contributed by atoms with van der Waals surface area (Å²) in [4.78, 5) is 2.30. The van der Waals surface area contributed by atoms with E-state index in [4.69, 9.17) is 10.5 Å². The molecule has 2 heterocycles. The normalized spacial score (nSPS) is 19.4. The third kappa shape index (κ3) is 5.97. The van der Waals surface area contributed by atoms with Crippen molar-refractivity contribution < 1.29 is 9.13 Å². The van der Waals surface area contributed by atoms with Crippen LogP contribution in [0.5, 0.6) is 0 Å². The first kappa shape index (κ1) is 25.7. The summed E-state index contributed by atoms with van der Waals surface area (Å²) in [6.07, 6.45) is 11.1. The van der Waals surface area contributed by atoms with E-state index in [1.54, 1.807) is 0 Å². The number of allylic oxidation sites excluding steroid dienone is 6. The number of aromatic nitrogens is 1. The number of alkyl halides is 1. The molecule has 0 radical (unpaired) electrons. The molecule has 4 nitrogen and oxygen atoms in total. The molecule has 5 rings (SSSR count). The lowest BCUT2D eigenvalue weighted by molar-refractivity contribution is 0.121. The summed E-state index contributed by atoms with van der Waals surface area (Å²) in [5.41, 5.74) is 14.7. The van der Waals surface area contributed by atoms with Gasteiger partial charge in [-0.05, 0) is 121 Å². The van der Waals surface area contributed by atoms with Crippen molar-refractivity contribution >= 4 is 38.5 Å². The second kappa shape index (κ2) is 11.6. The Hall–Kier alpha value is -2.96. The van der Waals surface area contributed by atoms with Crippen molar-refractivity contribution in [3.63, 3.8) is 0 Å². The molecule has 1 atom stereocenters. The molecule has 194 valence electrons. The fourth-order valence-electron chi connectivity index (χ4n) is 5.61. The molecule has 2 N–H and O–H groups in total. The molecule has 2 aliphatic rings. The number of anilines is 1. The SMILES string of the molecule is C/C(=C\C=C(/C)C1=C(c2ccc3sncc3c2)CCCc2cc(N)ccc21)O[C@H]1CCN(CCCF)C1. The van der Waals surface area contributed by atoms with Crippen molar-refractivity contribution in [2.45, 2.75) is 52.1 Å². The number of nitrogen functional groups attached to an aromatic ring is 1. The molecule has 1 aliphatic carbocycles. The Morgan fingerprint density at radius 2 is 2.08 bits per heavy atom. The Labute approximate surface area is 223 Å². The van der Waals surface area contributed by atoms with Crippen LogP contribution in [-0.2, 0) is 11.2 Å². The van der Waals surface area contributed by atoms with Gasteiger partial charge in [0.15, 0.2) is 0 Å². The lowest BCUT2D eigenvalue weighted by Crippen LogP contribution is -2.24. The molecule has 1 aliphatic heterocycles. The Balaban J connectivity index is 1.47. The van der Waals surface area contributed by atoms with Crippen LogP contribution < -0.4 is 5.73 Å². The fourth-order valence-corrected chi connectivity index (χ4v) is 6.24. The summed E-state index contributed by atoms with van der Waals surface area (Å²) in [5.74, 6) is 0.913. The van der Waals surface area contributed by atoms with Gasteiger partial charge in [0, 0.05) is 36.9 Å². The van der Waals surface area contributed by atoms with E-state index in [0.29, 0.717) is 6.42 Å². The zero-order valence-electron chi connectivity index (χ0n) is 21.8. The summed E-state index contributed by atoms with van der Waals surface area (Å²) in [6.45, 7) is 6.64. The largest absolute Gasteiger partial charge is 0.494 e. The Morgan fingerprint density at radius 3 is 2.95 bits per heavy atom. The zero-order valence-corrected chi connectivity index (χ0v) is 22.6. The van der Waals surface area contributed by atoms with Gasteiger partial charge in [0.05, 0.1) is 17.1 Å². The maximum Gasteiger partial charge on any atom is 0.112 e. The average Bonchev–Trinajstić information content (AvgIpc) is 3.50. The number of fused-ring (bicyclic) bond motifs is 2. The molecule has 0 unspecified atom stereocenters. The molecule has 0 amide bonds. The maximum atomic E-state index is 12.5. The van der Waals surface area contributed by atoms with E-state index in [1.807, 2.05) is 19.2 Å². The second-order valence-electron chi connectivity index (χ2n) is 10.2. The van der Waals surface area contributed by atoms with Crippen LogP contribution in [0.25, 0.3) is 21.2 Å². The number of halogens is 1. The average molecular weight is 518 g/mol. The quantitative estimate of drug-likeness (QED) is 0.192. The molecule has 1 fully saturated rings. The lowest BCUT2D eigenvalue weighted by atomic mass is 9.87. The van der Waals surface area contributed by atoms with E-state index in [9.17, 15) is 4.39 Å². The third-order valence-electron chi connectivity index (χ3n) is 7.43. The highest BCUT2D eigenvalue weighted by molar-refractivity contribution is 7.13. The fraction of sp³-hybridized carbons (Fsp3) is 0.387. The van der Waals surface area contributed by atoms with Gasteiger partial charge in [-0.2, -0.15) is 4.37 Å². The molecule has 37 heavy (non-hydrogen) atoms. The van der Waals surface area contributed by atoms with E-state index >= 15 is 0 Å². The number of nitrogens with zero attached hydrogens (tertiary/aromatic N) is 2. The van der Waals surface area contributed by atoms with Crippen LogP contribution in [0.3, 0.4) is 0 Å². The third-order valence-corrected chi connectivity index (χ3v) is 8.21. The summed E-state index contributed by atoms with van der Waals surface area (Å²) >= 11 is 1.54. The van der Waals surface area contributed by atoms with Crippen molar-refractivity contribution in [1.82, 2.24) is 9.27 Å². The summed E-state index contributed by atoms with van der Waals surface area (Å²) < 4.78 is 24.4. The van der Waals surface area contributed by atoms with Crippen LogP contribution in [0.1, 0.15) is 56.2 Å². The zero-order chi connectivity index (χ0) is 25.8. The summed E-state index contributed by atoms with van der Waals surface area (Å²) in [6, 6.07) is 13.0. The van der Waals surface area contributed by atoms with Crippen molar-refractivity contribution in [1.29, 1.82) is 0 Å². The molecule has 0 bridgehead atoms. The van der Waals surface area contributed by atoms with Gasteiger partial charge in [-0.15, -0.1) is 0 Å². The van der Waals surface area contributed by atoms with Gasteiger partial charge in [0.25, 0.3) is 0 Å². The first-order chi connectivity index (χ1) is 18.0. The molecule has 0 saturated carbocycles. The van der Waals surface area contributed by atoms with Crippen molar-refractivity contribution in [3.8, 4) is 0 Å². The molecule has 0 spiro atoms. The van der Waals surface area contributed by atoms with Crippen LogP contribution in [0, 0.1) is 0 Å². The van der Waals surface area contributed by atoms with E-state index < -0.39 is 0 Å². The van der Waals surface area contributed by atoms with Crippen molar-refractivity contribution in [2.24, 2.45) is 0 Å². The molecule has 6 heteroatoms. The summed E-state index contributed by atoms with van der Waals surface area (Å²) in [7, 11) is 0. The Kier molecular flexibility index (Phi) is 8.06. The predicted octanol–water partition coefficient (Wildman–Crippen LogP) is 7.43. The van der Waals surface area contributed by atoms with Crippen LogP contribution in [0.4, 0.5) is 10.1 Å². The highest BCUT2D eigenvalue weighted by Crippen LogP contribution is 2.41. The van der Waals surface area contributed by atoms with Gasteiger partial charge < -0.3 is 10.5 Å². The van der Waals surface area contributed by atoms with Crippen LogP contribution in [0.15, 0.2) is 66.1 Å². The standard InChI is InChI=1S/C31H36FN3OS/c1-21(7-8-22(2)36-27-13-16-35(20-27)15-4-14-32)31-28(24-9-12-30-25(17-24)19-34-37-30)6-3-5-23-18-26(33)10-11-29(23)31/h7-12,17-19,27H,3-6,13-16,20,33H2,1-2H3/b21-7+,22-8+/t27-/m0/s1. The van der Waals surface area contributed by atoms with E-state index in [1.165, 1.54) is 55.0 Å². The molecule has 1 saturated heterocycles. The van der Waals surface area contributed by atoms with Gasteiger partial charge in [0.2, 0.25) is 0 Å². The van der Waals surface area contributed by atoms with Crippen LogP contribution in [-0.4, -0.2) is 41.7 Å². The summed E-state index contributed by atoms with van der Waals surface area (Å²) in [5, 5.41) is 1.19. The number of hydrogen-bond acceptors (Lipinski definition) is 5. The smallest absolute Gasteiger partial charge is 0.112 e. The van der Waals surface area contributed by atoms with Gasteiger partial charge >= 0.3 is 0 Å². The number of rotatable bonds is 8. The number of nitrogens with two attached hydrogens (primary N) is 1. The lowest BCUT2D eigenvalue weighted by Gasteiger charge is -2.18. The number of hydrogen-bond donors (Lipinski definition) is 1. The molecule has 2 aromatic carbocycles. The molecular formula is C31H36FN3OS. The van der Waals surface area contributed by atoms with Gasteiger partial charge in [-0.1, -0.05) is 18.2 Å². The maximum absolute atomic E-state index is 12.5. The minimum absolute atomic E-state index is 0.173. The molecular weight excluding hydrogens is 481 g/mol. The molecule has 1 aromatic heterocycles. The number of benzene rings is 2. The van der Waals surface area contributed by atoms with Gasteiger partial charge in [-0.3, -0.25) is 9.29 Å². The van der Waals surface area contributed by atoms with Crippen molar-refractivity contribution in [2.75, 3.05) is 32.0 Å². The highest BCUT2D eigenvalue weighted by atomic mass is 32.1.